The van der Waals surface area contributed by atoms with Crippen LogP contribution < -0.4 is 14.8 Å². The predicted octanol–water partition coefficient (Wildman–Crippen LogP) is 3.40. The summed E-state index contributed by atoms with van der Waals surface area (Å²) in [6.07, 6.45) is 2.51. The number of nitrogens with one attached hydrogen (secondary N) is 1. The number of thiazole rings is 1. The number of benzene rings is 1. The second kappa shape index (κ2) is 5.09. The molecule has 1 aromatic carbocycles. The molecule has 0 radical (unpaired) electrons. The number of aromatic nitrogens is 1. The largest absolute Gasteiger partial charge is 0.493 e. The maximum atomic E-state index is 5.31. The molecule has 0 unspecified atom stereocenters. The maximum absolute atomic E-state index is 5.31. The SMILES string of the molecule is COc1ccc(-c2csc(NC3CC3)n2)cc1OC. The highest BCUT2D eigenvalue weighted by Crippen LogP contribution is 2.34. The van der Waals surface area contributed by atoms with E-state index >= 15 is 0 Å². The van der Waals surface area contributed by atoms with Gasteiger partial charge in [-0.25, -0.2) is 4.98 Å². The first-order valence-corrected chi connectivity index (χ1v) is 7.12. The summed E-state index contributed by atoms with van der Waals surface area (Å²) < 4.78 is 10.6. The molecular formula is C14H16N2O2S. The van der Waals surface area contributed by atoms with Crippen molar-refractivity contribution in [3.05, 3.63) is 23.6 Å². The van der Waals surface area contributed by atoms with Crippen LogP contribution in [0.2, 0.25) is 0 Å². The van der Waals surface area contributed by atoms with Crippen LogP contribution >= 0.6 is 11.3 Å². The Morgan fingerprint density at radius 3 is 2.68 bits per heavy atom. The number of methoxy groups -OCH3 is 2. The Morgan fingerprint density at radius 1 is 1.21 bits per heavy atom. The number of rotatable bonds is 5. The summed E-state index contributed by atoms with van der Waals surface area (Å²) in [5.74, 6) is 1.46. The molecule has 1 aliphatic carbocycles. The fourth-order valence-electron chi connectivity index (χ4n) is 1.87. The van der Waals surface area contributed by atoms with Gasteiger partial charge in [0.2, 0.25) is 0 Å². The second-order valence-corrected chi connectivity index (χ2v) is 5.38. The molecule has 19 heavy (non-hydrogen) atoms. The average Bonchev–Trinajstić information content (AvgIpc) is 3.13. The molecule has 3 rings (SSSR count). The molecule has 0 bridgehead atoms. The Bertz CT molecular complexity index is 579. The van der Waals surface area contributed by atoms with Gasteiger partial charge in [0.15, 0.2) is 16.6 Å². The highest BCUT2D eigenvalue weighted by atomic mass is 32.1. The van der Waals surface area contributed by atoms with Crippen LogP contribution in [0, 0.1) is 0 Å². The normalized spacial score (nSPS) is 14.2. The zero-order valence-corrected chi connectivity index (χ0v) is 11.8. The average molecular weight is 276 g/mol. The number of ether oxygens (including phenoxy) is 2. The van der Waals surface area contributed by atoms with Crippen LogP contribution in [0.1, 0.15) is 12.8 Å². The van der Waals surface area contributed by atoms with E-state index < -0.39 is 0 Å². The van der Waals surface area contributed by atoms with Crippen molar-refractivity contribution in [2.45, 2.75) is 18.9 Å². The minimum absolute atomic E-state index is 0.629. The highest BCUT2D eigenvalue weighted by Gasteiger charge is 2.22. The van der Waals surface area contributed by atoms with Gasteiger partial charge in [-0.15, -0.1) is 11.3 Å². The van der Waals surface area contributed by atoms with E-state index in [1.165, 1.54) is 12.8 Å². The van der Waals surface area contributed by atoms with Gasteiger partial charge in [-0.1, -0.05) is 0 Å². The second-order valence-electron chi connectivity index (χ2n) is 4.53. The van der Waals surface area contributed by atoms with Crippen molar-refractivity contribution < 1.29 is 9.47 Å². The molecule has 1 N–H and O–H groups in total. The molecule has 0 spiro atoms. The highest BCUT2D eigenvalue weighted by molar-refractivity contribution is 7.14. The van der Waals surface area contributed by atoms with E-state index in [-0.39, 0.29) is 0 Å². The molecule has 0 amide bonds. The molecule has 0 aliphatic heterocycles. The molecule has 2 aromatic rings. The summed E-state index contributed by atoms with van der Waals surface area (Å²) in [5.41, 5.74) is 2.01. The molecule has 0 saturated heterocycles. The Hall–Kier alpha value is -1.75. The smallest absolute Gasteiger partial charge is 0.183 e. The minimum Gasteiger partial charge on any atom is -0.493 e. The first kappa shape index (κ1) is 12.3. The van der Waals surface area contributed by atoms with Gasteiger partial charge in [-0.3, -0.25) is 0 Å². The van der Waals surface area contributed by atoms with Crippen molar-refractivity contribution >= 4 is 16.5 Å². The van der Waals surface area contributed by atoms with Crippen LogP contribution in [-0.2, 0) is 0 Å². The van der Waals surface area contributed by atoms with Crippen LogP contribution in [0.3, 0.4) is 0 Å². The summed E-state index contributed by atoms with van der Waals surface area (Å²) in [5, 5.41) is 6.46. The van der Waals surface area contributed by atoms with Crippen molar-refractivity contribution in [1.29, 1.82) is 0 Å². The molecule has 1 aromatic heterocycles. The van der Waals surface area contributed by atoms with Crippen LogP contribution in [0.15, 0.2) is 23.6 Å². The Kier molecular flexibility index (Phi) is 3.29. The van der Waals surface area contributed by atoms with Crippen LogP contribution in [0.25, 0.3) is 11.3 Å². The van der Waals surface area contributed by atoms with Crippen molar-refractivity contribution in [3.63, 3.8) is 0 Å². The molecule has 1 heterocycles. The van der Waals surface area contributed by atoms with Crippen molar-refractivity contribution in [2.24, 2.45) is 0 Å². The molecule has 4 nitrogen and oxygen atoms in total. The zero-order chi connectivity index (χ0) is 13.2. The van der Waals surface area contributed by atoms with Gasteiger partial charge < -0.3 is 14.8 Å². The Labute approximate surface area is 116 Å². The van der Waals surface area contributed by atoms with Crippen LogP contribution in [0.5, 0.6) is 11.5 Å². The number of anilines is 1. The summed E-state index contributed by atoms with van der Waals surface area (Å²) in [6, 6.07) is 6.48. The summed E-state index contributed by atoms with van der Waals surface area (Å²) in [7, 11) is 3.28. The number of hydrogen-bond donors (Lipinski definition) is 1. The lowest BCUT2D eigenvalue weighted by Crippen LogP contribution is -1.99. The molecule has 0 atom stereocenters. The fraction of sp³-hybridized carbons (Fsp3) is 0.357. The monoisotopic (exact) mass is 276 g/mol. The summed E-state index contributed by atoms with van der Waals surface area (Å²) >= 11 is 1.64. The number of hydrogen-bond acceptors (Lipinski definition) is 5. The molecule has 1 aliphatic rings. The topological polar surface area (TPSA) is 43.4 Å². The summed E-state index contributed by atoms with van der Waals surface area (Å²) in [4.78, 5) is 4.60. The Balaban J connectivity index is 1.85. The van der Waals surface area contributed by atoms with E-state index in [0.29, 0.717) is 6.04 Å². The third-order valence-electron chi connectivity index (χ3n) is 3.09. The van der Waals surface area contributed by atoms with Gasteiger partial charge in [-0.2, -0.15) is 0 Å². The fourth-order valence-corrected chi connectivity index (χ4v) is 2.67. The van der Waals surface area contributed by atoms with Crippen molar-refractivity contribution in [3.8, 4) is 22.8 Å². The first-order valence-electron chi connectivity index (χ1n) is 6.24. The standard InChI is InChI=1S/C14H16N2O2S/c1-17-12-6-3-9(7-13(12)18-2)11-8-19-14(16-11)15-10-4-5-10/h3,6-8,10H,4-5H2,1-2H3,(H,15,16). The number of nitrogens with zero attached hydrogens (tertiary/aromatic N) is 1. The molecular weight excluding hydrogens is 260 g/mol. The van der Waals surface area contributed by atoms with Gasteiger partial charge in [0.05, 0.1) is 19.9 Å². The maximum Gasteiger partial charge on any atom is 0.183 e. The van der Waals surface area contributed by atoms with E-state index in [9.17, 15) is 0 Å². The lowest BCUT2D eigenvalue weighted by atomic mass is 10.1. The zero-order valence-electron chi connectivity index (χ0n) is 11.0. The van der Waals surface area contributed by atoms with Crippen LogP contribution in [-0.4, -0.2) is 25.2 Å². The summed E-state index contributed by atoms with van der Waals surface area (Å²) in [6.45, 7) is 0. The van der Waals surface area contributed by atoms with Gasteiger partial charge in [-0.05, 0) is 31.0 Å². The van der Waals surface area contributed by atoms with Gasteiger partial charge in [0.25, 0.3) is 0 Å². The molecule has 100 valence electrons. The lowest BCUT2D eigenvalue weighted by molar-refractivity contribution is 0.355. The first-order chi connectivity index (χ1) is 9.30. The van der Waals surface area contributed by atoms with Gasteiger partial charge in [0.1, 0.15) is 0 Å². The Morgan fingerprint density at radius 2 is 2.00 bits per heavy atom. The molecule has 1 fully saturated rings. The minimum atomic E-state index is 0.629. The predicted molar refractivity (Wildman–Crippen MR) is 77.3 cm³/mol. The third-order valence-corrected chi connectivity index (χ3v) is 3.86. The van der Waals surface area contributed by atoms with E-state index in [1.807, 2.05) is 18.2 Å². The van der Waals surface area contributed by atoms with Gasteiger partial charge >= 0.3 is 0 Å². The van der Waals surface area contributed by atoms with Crippen molar-refractivity contribution in [2.75, 3.05) is 19.5 Å². The van der Waals surface area contributed by atoms with E-state index in [0.717, 1.165) is 27.9 Å². The quantitative estimate of drug-likeness (QED) is 0.909. The van der Waals surface area contributed by atoms with Crippen LogP contribution in [0.4, 0.5) is 5.13 Å². The third kappa shape index (κ3) is 2.66. The van der Waals surface area contributed by atoms with E-state index in [2.05, 4.69) is 15.7 Å². The van der Waals surface area contributed by atoms with Crippen molar-refractivity contribution in [1.82, 2.24) is 4.98 Å². The van der Waals surface area contributed by atoms with E-state index in [4.69, 9.17) is 9.47 Å². The molecule has 1 saturated carbocycles. The molecule has 5 heteroatoms. The lowest BCUT2D eigenvalue weighted by Gasteiger charge is -2.08. The van der Waals surface area contributed by atoms with Gasteiger partial charge in [0, 0.05) is 17.0 Å². The van der Waals surface area contributed by atoms with E-state index in [1.54, 1.807) is 25.6 Å².